The zero-order valence-electron chi connectivity index (χ0n) is 15.1. The molecule has 1 unspecified atom stereocenters. The first-order chi connectivity index (χ1) is 12.5. The van der Waals surface area contributed by atoms with Gasteiger partial charge in [-0.1, -0.05) is 18.2 Å². The Morgan fingerprint density at radius 3 is 2.63 bits per heavy atom. The normalized spacial score (nSPS) is 17.2. The van der Waals surface area contributed by atoms with E-state index in [4.69, 9.17) is 14.6 Å². The molecule has 7 heteroatoms. The second-order valence-electron chi connectivity index (χ2n) is 6.39. The van der Waals surface area contributed by atoms with Crippen LogP contribution in [0.3, 0.4) is 0 Å². The molecular formula is C20H23ClFNO4. The van der Waals surface area contributed by atoms with E-state index in [2.05, 4.69) is 4.90 Å². The maximum absolute atomic E-state index is 13.6. The number of hydrogen-bond acceptors (Lipinski definition) is 4. The Morgan fingerprint density at radius 2 is 1.96 bits per heavy atom. The second kappa shape index (κ2) is 9.69. The molecule has 3 rings (SSSR count). The molecule has 0 aliphatic carbocycles. The predicted molar refractivity (Wildman–Crippen MR) is 102 cm³/mol. The van der Waals surface area contributed by atoms with Gasteiger partial charge in [0.15, 0.2) is 0 Å². The van der Waals surface area contributed by atoms with Crippen LogP contribution in [0.5, 0.6) is 11.5 Å². The van der Waals surface area contributed by atoms with Gasteiger partial charge in [0, 0.05) is 25.7 Å². The summed E-state index contributed by atoms with van der Waals surface area (Å²) in [5.74, 6) is -0.0107. The average Bonchev–Trinajstić information content (AvgIpc) is 2.64. The number of hydrogen-bond donors (Lipinski definition) is 1. The number of carboxylic acids is 1. The molecule has 0 aromatic heterocycles. The van der Waals surface area contributed by atoms with Crippen molar-refractivity contribution in [3.05, 3.63) is 59.4 Å². The lowest BCUT2D eigenvalue weighted by Gasteiger charge is -2.32. The summed E-state index contributed by atoms with van der Waals surface area (Å²) in [7, 11) is 0. The summed E-state index contributed by atoms with van der Waals surface area (Å²) in [5, 5.41) is 8.82. The molecular weight excluding hydrogens is 373 g/mol. The zero-order valence-corrected chi connectivity index (χ0v) is 15.9. The van der Waals surface area contributed by atoms with Crippen LogP contribution < -0.4 is 4.74 Å². The lowest BCUT2D eigenvalue weighted by Crippen LogP contribution is -2.39. The molecule has 0 radical (unpaired) electrons. The Morgan fingerprint density at radius 1 is 1.26 bits per heavy atom. The fourth-order valence-electron chi connectivity index (χ4n) is 2.88. The van der Waals surface area contributed by atoms with Crippen LogP contribution >= 0.6 is 12.4 Å². The van der Waals surface area contributed by atoms with E-state index in [0.717, 1.165) is 12.1 Å². The Balaban J connectivity index is 0.00000261. The first-order valence-electron chi connectivity index (χ1n) is 8.61. The number of carboxylic acid groups (broad SMARTS) is 1. The molecule has 1 fully saturated rings. The van der Waals surface area contributed by atoms with Crippen LogP contribution in [0.15, 0.2) is 42.5 Å². The van der Waals surface area contributed by atoms with Gasteiger partial charge in [-0.05, 0) is 36.2 Å². The third-order valence-corrected chi connectivity index (χ3v) is 4.42. The van der Waals surface area contributed by atoms with Gasteiger partial charge in [0.25, 0.3) is 0 Å². The van der Waals surface area contributed by atoms with Gasteiger partial charge in [-0.2, -0.15) is 0 Å². The number of morpholine rings is 1. The number of ether oxygens (including phenoxy) is 2. The van der Waals surface area contributed by atoms with E-state index >= 15 is 0 Å². The fourth-order valence-corrected chi connectivity index (χ4v) is 2.88. The summed E-state index contributed by atoms with van der Waals surface area (Å²) >= 11 is 0. The van der Waals surface area contributed by atoms with Gasteiger partial charge in [-0.3, -0.25) is 9.69 Å². The van der Waals surface area contributed by atoms with Crippen molar-refractivity contribution in [2.75, 3.05) is 26.2 Å². The first-order valence-corrected chi connectivity index (χ1v) is 8.61. The van der Waals surface area contributed by atoms with Gasteiger partial charge in [0.1, 0.15) is 17.3 Å². The fraction of sp³-hybridized carbons (Fsp3) is 0.350. The highest BCUT2D eigenvalue weighted by atomic mass is 35.5. The van der Waals surface area contributed by atoms with Crippen molar-refractivity contribution in [2.45, 2.75) is 19.4 Å². The van der Waals surface area contributed by atoms with Crippen molar-refractivity contribution in [2.24, 2.45) is 0 Å². The van der Waals surface area contributed by atoms with Crippen LogP contribution in [-0.2, 0) is 9.53 Å². The quantitative estimate of drug-likeness (QED) is 0.794. The number of aliphatic carboxylic acids is 1. The first kappa shape index (κ1) is 21.2. The van der Waals surface area contributed by atoms with Crippen molar-refractivity contribution in [3.63, 3.8) is 0 Å². The smallest absolute Gasteiger partial charge is 0.304 e. The van der Waals surface area contributed by atoms with E-state index in [0.29, 0.717) is 36.8 Å². The minimum Gasteiger partial charge on any atom is -0.481 e. The van der Waals surface area contributed by atoms with Crippen LogP contribution in [0, 0.1) is 12.7 Å². The van der Waals surface area contributed by atoms with Gasteiger partial charge in [-0.25, -0.2) is 4.39 Å². The van der Waals surface area contributed by atoms with E-state index in [1.165, 1.54) is 6.07 Å². The van der Waals surface area contributed by atoms with Crippen molar-refractivity contribution < 1.29 is 23.8 Å². The molecule has 1 heterocycles. The standard InChI is InChI=1S/C20H22FNO4.ClH/c1-14-2-5-17(12-18(14)21)26-16-6-3-15(4-7-16)19-13-22(10-11-25-19)9-8-20(23)24;/h2-7,12,19H,8-11,13H2,1H3,(H,23,24);1H. The largest absolute Gasteiger partial charge is 0.481 e. The lowest BCUT2D eigenvalue weighted by atomic mass is 10.1. The van der Waals surface area contributed by atoms with Crippen molar-refractivity contribution in [1.82, 2.24) is 4.90 Å². The minimum absolute atomic E-state index is 0. The van der Waals surface area contributed by atoms with Gasteiger partial charge < -0.3 is 14.6 Å². The Kier molecular flexibility index (Phi) is 7.59. The van der Waals surface area contributed by atoms with Crippen LogP contribution in [0.1, 0.15) is 23.7 Å². The molecule has 0 amide bonds. The third-order valence-electron chi connectivity index (χ3n) is 4.42. The number of aryl methyl sites for hydroxylation is 1. The third kappa shape index (κ3) is 5.92. The Hall–Kier alpha value is -2.15. The number of benzene rings is 2. The molecule has 0 spiro atoms. The van der Waals surface area contributed by atoms with E-state index in [1.807, 2.05) is 24.3 Å². The van der Waals surface area contributed by atoms with Crippen LogP contribution in [0.4, 0.5) is 4.39 Å². The topological polar surface area (TPSA) is 59.0 Å². The number of carbonyl (C=O) groups is 1. The number of rotatable bonds is 6. The van der Waals surface area contributed by atoms with Crippen molar-refractivity contribution in [3.8, 4) is 11.5 Å². The molecule has 1 atom stereocenters. The monoisotopic (exact) mass is 395 g/mol. The highest BCUT2D eigenvalue weighted by molar-refractivity contribution is 5.85. The molecule has 0 bridgehead atoms. The summed E-state index contributed by atoms with van der Waals surface area (Å²) in [6.07, 6.45) is 0.0375. The van der Waals surface area contributed by atoms with Gasteiger partial charge in [-0.15, -0.1) is 12.4 Å². The predicted octanol–water partition coefficient (Wildman–Crippen LogP) is 4.20. The van der Waals surface area contributed by atoms with Gasteiger partial charge in [0.05, 0.1) is 19.1 Å². The Labute approximate surface area is 164 Å². The van der Waals surface area contributed by atoms with Gasteiger partial charge in [0.2, 0.25) is 0 Å². The van der Waals surface area contributed by atoms with Gasteiger partial charge >= 0.3 is 5.97 Å². The molecule has 1 saturated heterocycles. The van der Waals surface area contributed by atoms with Crippen molar-refractivity contribution in [1.29, 1.82) is 0 Å². The lowest BCUT2D eigenvalue weighted by molar-refractivity contribution is -0.137. The molecule has 1 aliphatic heterocycles. The average molecular weight is 396 g/mol. The minimum atomic E-state index is -0.790. The Bertz CT molecular complexity index is 769. The second-order valence-corrected chi connectivity index (χ2v) is 6.39. The highest BCUT2D eigenvalue weighted by Crippen LogP contribution is 2.27. The summed E-state index contributed by atoms with van der Waals surface area (Å²) < 4.78 is 25.1. The molecule has 2 aromatic rings. The van der Waals surface area contributed by atoms with E-state index in [1.54, 1.807) is 19.1 Å². The molecule has 1 N–H and O–H groups in total. The number of nitrogens with zero attached hydrogens (tertiary/aromatic N) is 1. The highest BCUT2D eigenvalue weighted by Gasteiger charge is 2.22. The van der Waals surface area contributed by atoms with Crippen LogP contribution in [0.25, 0.3) is 0 Å². The maximum atomic E-state index is 13.6. The SMILES string of the molecule is Cc1ccc(Oc2ccc(C3CN(CCC(=O)O)CCO3)cc2)cc1F.Cl. The zero-order chi connectivity index (χ0) is 18.5. The van der Waals surface area contributed by atoms with Crippen LogP contribution in [-0.4, -0.2) is 42.2 Å². The van der Waals surface area contributed by atoms with E-state index < -0.39 is 5.97 Å². The van der Waals surface area contributed by atoms with Crippen molar-refractivity contribution >= 4 is 18.4 Å². The summed E-state index contributed by atoms with van der Waals surface area (Å²) in [5.41, 5.74) is 1.59. The molecule has 2 aromatic carbocycles. The molecule has 27 heavy (non-hydrogen) atoms. The van der Waals surface area contributed by atoms with E-state index in [9.17, 15) is 9.18 Å². The van der Waals surface area contributed by atoms with Crippen LogP contribution in [0.2, 0.25) is 0 Å². The molecule has 0 saturated carbocycles. The maximum Gasteiger partial charge on any atom is 0.304 e. The molecule has 1 aliphatic rings. The summed E-state index contributed by atoms with van der Waals surface area (Å²) in [4.78, 5) is 12.8. The van der Waals surface area contributed by atoms with E-state index in [-0.39, 0.29) is 30.7 Å². The summed E-state index contributed by atoms with van der Waals surface area (Å²) in [6, 6.07) is 12.3. The molecule has 5 nitrogen and oxygen atoms in total. The number of halogens is 2. The summed E-state index contributed by atoms with van der Waals surface area (Å²) in [6.45, 7) is 4.21. The molecule has 146 valence electrons.